The van der Waals surface area contributed by atoms with Crippen molar-refractivity contribution < 1.29 is 4.42 Å². The van der Waals surface area contributed by atoms with E-state index in [9.17, 15) is 0 Å². The summed E-state index contributed by atoms with van der Waals surface area (Å²) in [6, 6.07) is 62.5. The summed E-state index contributed by atoms with van der Waals surface area (Å²) in [5.74, 6) is 0. The van der Waals surface area contributed by atoms with Crippen LogP contribution in [0.4, 0.5) is 17.1 Å². The van der Waals surface area contributed by atoms with E-state index in [-0.39, 0.29) is 5.41 Å². The van der Waals surface area contributed by atoms with Crippen molar-refractivity contribution in [3.8, 4) is 33.4 Å². The third-order valence-electron chi connectivity index (χ3n) is 15.6. The van der Waals surface area contributed by atoms with E-state index in [0.717, 1.165) is 46.9 Å². The van der Waals surface area contributed by atoms with Gasteiger partial charge < -0.3 is 9.32 Å². The Morgan fingerprint density at radius 2 is 1.05 bits per heavy atom. The molecule has 15 rings (SSSR count). The molecule has 10 aromatic rings. The van der Waals surface area contributed by atoms with Gasteiger partial charge in [0.25, 0.3) is 0 Å². The largest absolute Gasteiger partial charge is 0.453 e. The Labute approximate surface area is 354 Å². The Morgan fingerprint density at radius 1 is 0.410 bits per heavy atom. The summed E-state index contributed by atoms with van der Waals surface area (Å²) in [5, 5.41) is 5.16. The van der Waals surface area contributed by atoms with Crippen molar-refractivity contribution in [3.63, 3.8) is 0 Å². The number of benzene rings is 9. The van der Waals surface area contributed by atoms with Crippen molar-refractivity contribution >= 4 is 49.8 Å². The van der Waals surface area contributed by atoms with Crippen molar-refractivity contribution in [2.45, 2.75) is 43.9 Å². The van der Waals surface area contributed by atoms with Crippen LogP contribution in [-0.4, -0.2) is 0 Å². The fraction of sp³-hybridized carbons (Fsp3) is 0.119. The second-order valence-corrected chi connectivity index (χ2v) is 18.6. The molecular formula is C59H39NO. The maximum Gasteiger partial charge on any atom is 0.159 e. The number of fused-ring (bicyclic) bond motifs is 18. The first kappa shape index (κ1) is 32.7. The topological polar surface area (TPSA) is 16.4 Å². The Hall–Kier alpha value is -7.16. The van der Waals surface area contributed by atoms with Crippen LogP contribution in [0.5, 0.6) is 0 Å². The quantitative estimate of drug-likeness (QED) is 0.165. The molecule has 1 aromatic heterocycles. The van der Waals surface area contributed by atoms with E-state index in [4.69, 9.17) is 4.42 Å². The molecule has 0 amide bonds. The summed E-state index contributed by atoms with van der Waals surface area (Å²) < 4.78 is 7.61. The molecule has 1 aliphatic heterocycles. The predicted molar refractivity (Wildman–Crippen MR) is 250 cm³/mol. The zero-order valence-electron chi connectivity index (χ0n) is 34.1. The summed E-state index contributed by atoms with van der Waals surface area (Å²) in [4.78, 5) is 2.51. The number of furan rings is 1. The minimum Gasteiger partial charge on any atom is -0.453 e. The van der Waals surface area contributed by atoms with Gasteiger partial charge in [-0.3, -0.25) is 0 Å². The highest BCUT2D eigenvalue weighted by atomic mass is 16.3. The second kappa shape index (κ2) is 11.0. The zero-order valence-corrected chi connectivity index (χ0v) is 34.1. The summed E-state index contributed by atoms with van der Waals surface area (Å²) in [6.07, 6.45) is 3.07. The Bertz CT molecular complexity index is 3620. The average Bonchev–Trinajstić information content (AvgIpc) is 4.04. The Balaban J connectivity index is 1.05. The molecule has 1 spiro atoms. The lowest BCUT2D eigenvalue weighted by Crippen LogP contribution is -2.32. The van der Waals surface area contributed by atoms with E-state index in [1.165, 1.54) is 111 Å². The maximum atomic E-state index is 7.61. The monoisotopic (exact) mass is 777 g/mol. The van der Waals surface area contributed by atoms with E-state index >= 15 is 0 Å². The number of aryl methyl sites for hydroxylation is 2. The lowest BCUT2D eigenvalue weighted by molar-refractivity contribution is 0.660. The van der Waals surface area contributed by atoms with Crippen molar-refractivity contribution in [2.24, 2.45) is 0 Å². The summed E-state index contributed by atoms with van der Waals surface area (Å²) in [6.45, 7) is 4.77. The minimum absolute atomic E-state index is 0.111. The van der Waals surface area contributed by atoms with Crippen LogP contribution in [0.15, 0.2) is 168 Å². The van der Waals surface area contributed by atoms with Gasteiger partial charge in [0, 0.05) is 33.9 Å². The van der Waals surface area contributed by atoms with Gasteiger partial charge in [-0.1, -0.05) is 153 Å². The molecule has 0 unspecified atom stereocenters. The van der Waals surface area contributed by atoms with Gasteiger partial charge in [-0.25, -0.2) is 0 Å². The van der Waals surface area contributed by atoms with Gasteiger partial charge in [0.2, 0.25) is 0 Å². The van der Waals surface area contributed by atoms with Crippen LogP contribution in [0.3, 0.4) is 0 Å². The molecule has 61 heavy (non-hydrogen) atoms. The first-order valence-electron chi connectivity index (χ1n) is 21.9. The molecule has 286 valence electrons. The highest BCUT2D eigenvalue weighted by molar-refractivity contribution is 6.19. The van der Waals surface area contributed by atoms with Crippen LogP contribution in [-0.2, 0) is 30.1 Å². The number of hydrogen-bond donors (Lipinski definition) is 0. The second-order valence-electron chi connectivity index (χ2n) is 18.6. The zero-order chi connectivity index (χ0) is 39.9. The molecule has 0 fully saturated rings. The van der Waals surface area contributed by atoms with Crippen molar-refractivity contribution in [2.75, 3.05) is 4.90 Å². The van der Waals surface area contributed by atoms with Crippen LogP contribution < -0.4 is 4.90 Å². The lowest BCUT2D eigenvalue weighted by Gasteiger charge is -2.40. The van der Waals surface area contributed by atoms with Gasteiger partial charge in [-0.2, -0.15) is 0 Å². The van der Waals surface area contributed by atoms with Gasteiger partial charge >= 0.3 is 0 Å². The Kier molecular flexibility index (Phi) is 5.87. The third kappa shape index (κ3) is 3.75. The number of rotatable bonds is 1. The van der Waals surface area contributed by atoms with Crippen LogP contribution in [0, 0.1) is 0 Å². The van der Waals surface area contributed by atoms with Crippen molar-refractivity contribution in [1.82, 2.24) is 0 Å². The Morgan fingerprint density at radius 3 is 1.84 bits per heavy atom. The standard InChI is InChI=1S/C59H39NO/c1-58(2)44-17-7-4-15-39(44)43-31-36-30-35-12-3-10-20-50(35)60(52(36)32-49(43)58)51-21-11-16-40-41-27-29-48-55(57(41)61-56(40)51)42-26-24-33-22-23-34-25-28-47(54(42)53(33)34)59(48)45-18-8-5-13-37(45)38-14-6-9-19-46(38)59/h3-21,24-29,31-32H,22-23,30H2,1-2H3. The van der Waals surface area contributed by atoms with E-state index in [1.807, 2.05) is 0 Å². The molecule has 0 radical (unpaired) electrons. The van der Waals surface area contributed by atoms with Crippen LogP contribution >= 0.6 is 0 Å². The summed E-state index contributed by atoms with van der Waals surface area (Å²) in [5.41, 5.74) is 26.5. The van der Waals surface area contributed by atoms with E-state index < -0.39 is 5.41 Å². The molecule has 0 saturated heterocycles. The fourth-order valence-electron chi connectivity index (χ4n) is 13.0. The average molecular weight is 778 g/mol. The SMILES string of the molecule is CC1(C)c2ccccc2-c2cc3c(cc21)N(c1cccc2c1oc1c4c(ccc12)C1(c2ccccc2-c2ccccc21)c1ccc2c5c(ccc-4c15)CC2)c1ccccc1C3. The molecule has 2 nitrogen and oxygen atoms in total. The predicted octanol–water partition coefficient (Wildman–Crippen LogP) is 14.9. The minimum atomic E-state index is -0.485. The number of nitrogens with zero attached hydrogens (tertiary/aromatic N) is 1. The molecule has 4 aliphatic carbocycles. The summed E-state index contributed by atoms with van der Waals surface area (Å²) in [7, 11) is 0. The lowest BCUT2D eigenvalue weighted by atomic mass is 9.61. The fourth-order valence-corrected chi connectivity index (χ4v) is 13.0. The molecular weight excluding hydrogens is 739 g/mol. The molecule has 5 aliphatic rings. The van der Waals surface area contributed by atoms with Crippen LogP contribution in [0.1, 0.15) is 69.5 Å². The number of para-hydroxylation sites is 2. The highest BCUT2D eigenvalue weighted by Crippen LogP contribution is 2.64. The highest BCUT2D eigenvalue weighted by Gasteiger charge is 2.51. The van der Waals surface area contributed by atoms with Crippen LogP contribution in [0.25, 0.3) is 66.1 Å². The smallest absolute Gasteiger partial charge is 0.159 e. The first-order chi connectivity index (χ1) is 30.0. The summed E-state index contributed by atoms with van der Waals surface area (Å²) >= 11 is 0. The molecule has 2 heteroatoms. The normalized spacial score (nSPS) is 16.1. The van der Waals surface area contributed by atoms with Gasteiger partial charge in [-0.05, 0) is 131 Å². The third-order valence-corrected chi connectivity index (χ3v) is 15.6. The van der Waals surface area contributed by atoms with Gasteiger partial charge in [0.15, 0.2) is 5.58 Å². The molecule has 0 N–H and O–H groups in total. The molecule has 0 saturated carbocycles. The van der Waals surface area contributed by atoms with E-state index in [1.54, 1.807) is 0 Å². The maximum absolute atomic E-state index is 7.61. The van der Waals surface area contributed by atoms with Gasteiger partial charge in [0.1, 0.15) is 5.58 Å². The molecule has 9 aromatic carbocycles. The molecule has 0 atom stereocenters. The first-order valence-corrected chi connectivity index (χ1v) is 21.9. The van der Waals surface area contributed by atoms with E-state index in [0.29, 0.717) is 0 Å². The number of anilines is 3. The number of hydrogen-bond acceptors (Lipinski definition) is 2. The van der Waals surface area contributed by atoms with Crippen LogP contribution in [0.2, 0.25) is 0 Å². The molecule has 2 heterocycles. The van der Waals surface area contributed by atoms with Crippen molar-refractivity contribution in [1.29, 1.82) is 0 Å². The van der Waals surface area contributed by atoms with Gasteiger partial charge in [-0.15, -0.1) is 0 Å². The van der Waals surface area contributed by atoms with Gasteiger partial charge in [0.05, 0.1) is 16.8 Å². The van der Waals surface area contributed by atoms with Crippen molar-refractivity contribution in [3.05, 3.63) is 219 Å². The van der Waals surface area contributed by atoms with E-state index in [2.05, 4.69) is 183 Å². The molecule has 0 bridgehead atoms.